The molecule has 0 amide bonds. The molecule has 2 heterocycles. The Morgan fingerprint density at radius 3 is 2.92 bits per heavy atom. The second-order valence-electron chi connectivity index (χ2n) is 5.31. The molecule has 0 aliphatic carbocycles. The van der Waals surface area contributed by atoms with Gasteiger partial charge >= 0.3 is 5.97 Å². The van der Waals surface area contributed by atoms with Gasteiger partial charge in [-0.15, -0.1) is 0 Å². The van der Waals surface area contributed by atoms with E-state index in [9.17, 15) is 9.59 Å². The zero-order valence-electron chi connectivity index (χ0n) is 13.6. The van der Waals surface area contributed by atoms with E-state index in [1.165, 1.54) is 11.7 Å². The fraction of sp³-hybridized carbons (Fsp3) is 0.235. The van der Waals surface area contributed by atoms with E-state index in [-0.39, 0.29) is 12.1 Å². The van der Waals surface area contributed by atoms with Gasteiger partial charge in [-0.3, -0.25) is 14.2 Å². The zero-order chi connectivity index (χ0) is 18.0. The molecule has 0 N–H and O–H groups in total. The third-order valence-electron chi connectivity index (χ3n) is 3.59. The molecule has 2 aromatic heterocycles. The molecule has 130 valence electrons. The van der Waals surface area contributed by atoms with Gasteiger partial charge in [0.05, 0.1) is 30.8 Å². The highest BCUT2D eigenvalue weighted by molar-refractivity contribution is 8.00. The Balaban J connectivity index is 2.13. The molecule has 1 aromatic carbocycles. The average molecular weight is 379 g/mol. The smallest absolute Gasteiger partial charge is 0.318 e. The van der Waals surface area contributed by atoms with Crippen LogP contribution in [0.4, 0.5) is 0 Å². The number of thioether (sulfide) groups is 1. The van der Waals surface area contributed by atoms with Gasteiger partial charge in [-0.05, 0) is 37.3 Å². The lowest BCUT2D eigenvalue weighted by molar-refractivity contribution is -0.139. The number of rotatable bonds is 5. The first kappa shape index (κ1) is 17.6. The minimum atomic E-state index is -0.517. The topological polar surface area (TPSA) is 74.3 Å². The summed E-state index contributed by atoms with van der Waals surface area (Å²) in [6.07, 6.45) is 1.54. The number of fused-ring (bicyclic) bond motifs is 1. The number of aromatic nitrogens is 2. The molecular formula is C17H15ClN2O4S. The van der Waals surface area contributed by atoms with Gasteiger partial charge in [-0.25, -0.2) is 4.98 Å². The monoisotopic (exact) mass is 378 g/mol. The van der Waals surface area contributed by atoms with Crippen molar-refractivity contribution in [1.29, 1.82) is 0 Å². The molecule has 3 rings (SSSR count). The number of hydrogen-bond donors (Lipinski definition) is 0. The highest BCUT2D eigenvalue weighted by Gasteiger charge is 2.20. The van der Waals surface area contributed by atoms with Crippen LogP contribution in [-0.4, -0.2) is 27.9 Å². The van der Waals surface area contributed by atoms with Crippen molar-refractivity contribution < 1.29 is 13.9 Å². The van der Waals surface area contributed by atoms with Crippen molar-refractivity contribution in [3.8, 4) is 0 Å². The molecule has 0 radical (unpaired) electrons. The molecule has 0 aliphatic rings. The fourth-order valence-electron chi connectivity index (χ4n) is 2.33. The standard InChI is InChI=1S/C17H15ClN2O4S/c1-10(16(22)23-2)25-17-19-14-8-11(18)5-6-13(14)15(21)20(17)9-12-4-3-7-24-12/h3-8,10H,9H2,1-2H3/t10-/m0/s1. The summed E-state index contributed by atoms with van der Waals surface area (Å²) in [4.78, 5) is 29.2. The van der Waals surface area contributed by atoms with Crippen LogP contribution in [0.25, 0.3) is 10.9 Å². The van der Waals surface area contributed by atoms with Crippen LogP contribution in [0.5, 0.6) is 0 Å². The molecule has 8 heteroatoms. The Labute approximate surface area is 152 Å². The first-order valence-electron chi connectivity index (χ1n) is 7.46. The van der Waals surface area contributed by atoms with E-state index in [1.807, 2.05) is 0 Å². The Hall–Kier alpha value is -2.25. The third kappa shape index (κ3) is 3.72. The molecule has 25 heavy (non-hydrogen) atoms. The molecule has 6 nitrogen and oxygen atoms in total. The summed E-state index contributed by atoms with van der Waals surface area (Å²) < 4.78 is 11.6. The molecular weight excluding hydrogens is 364 g/mol. The lowest BCUT2D eigenvalue weighted by Crippen LogP contribution is -2.25. The maximum absolute atomic E-state index is 12.9. The lowest BCUT2D eigenvalue weighted by atomic mass is 10.2. The Kier molecular flexibility index (Phi) is 5.15. The van der Waals surface area contributed by atoms with Crippen LogP contribution < -0.4 is 5.56 Å². The molecule has 3 aromatic rings. The highest BCUT2D eigenvalue weighted by Crippen LogP contribution is 2.25. The summed E-state index contributed by atoms with van der Waals surface area (Å²) in [7, 11) is 1.32. The van der Waals surface area contributed by atoms with Gasteiger partial charge in [0.1, 0.15) is 11.0 Å². The number of carbonyl (C=O) groups excluding carboxylic acids is 1. The number of benzene rings is 1. The second kappa shape index (κ2) is 7.33. The van der Waals surface area contributed by atoms with Crippen LogP contribution in [0, 0.1) is 0 Å². The minimum absolute atomic E-state index is 0.216. The molecule has 1 atom stereocenters. The molecule has 0 saturated carbocycles. The van der Waals surface area contributed by atoms with Crippen LogP contribution in [0.3, 0.4) is 0 Å². The second-order valence-corrected chi connectivity index (χ2v) is 7.05. The predicted molar refractivity (Wildman–Crippen MR) is 96.2 cm³/mol. The molecule has 0 unspecified atom stereocenters. The number of halogens is 1. The summed E-state index contributed by atoms with van der Waals surface area (Å²) in [6, 6.07) is 8.44. The predicted octanol–water partition coefficient (Wildman–Crippen LogP) is 3.34. The molecule has 0 fully saturated rings. The van der Waals surface area contributed by atoms with Crippen molar-refractivity contribution >= 4 is 40.2 Å². The Bertz CT molecular complexity index is 969. The van der Waals surface area contributed by atoms with E-state index in [0.717, 1.165) is 11.8 Å². The van der Waals surface area contributed by atoms with Crippen LogP contribution in [-0.2, 0) is 16.1 Å². The summed E-state index contributed by atoms with van der Waals surface area (Å²) in [5.41, 5.74) is 0.255. The summed E-state index contributed by atoms with van der Waals surface area (Å²) >= 11 is 7.16. The maximum atomic E-state index is 12.9. The van der Waals surface area contributed by atoms with Gasteiger partial charge in [0.2, 0.25) is 0 Å². The summed E-state index contributed by atoms with van der Waals surface area (Å²) in [6.45, 7) is 1.91. The van der Waals surface area contributed by atoms with Crippen LogP contribution >= 0.6 is 23.4 Å². The number of methoxy groups -OCH3 is 1. The van der Waals surface area contributed by atoms with Crippen molar-refractivity contribution in [2.45, 2.75) is 23.9 Å². The summed E-state index contributed by atoms with van der Waals surface area (Å²) in [5, 5.41) is 0.816. The van der Waals surface area contributed by atoms with Crippen LogP contribution in [0.15, 0.2) is 51.0 Å². The largest absolute Gasteiger partial charge is 0.468 e. The van der Waals surface area contributed by atoms with Crippen LogP contribution in [0.1, 0.15) is 12.7 Å². The van der Waals surface area contributed by atoms with Gasteiger partial charge in [-0.1, -0.05) is 23.4 Å². The van der Waals surface area contributed by atoms with E-state index in [4.69, 9.17) is 20.8 Å². The van der Waals surface area contributed by atoms with Crippen molar-refractivity contribution in [3.05, 3.63) is 57.7 Å². The van der Waals surface area contributed by atoms with Gasteiger partial charge < -0.3 is 9.15 Å². The van der Waals surface area contributed by atoms with Gasteiger partial charge in [0.25, 0.3) is 5.56 Å². The van der Waals surface area contributed by atoms with Crippen molar-refractivity contribution in [2.24, 2.45) is 0 Å². The number of esters is 1. The van der Waals surface area contributed by atoms with E-state index in [1.54, 1.807) is 43.5 Å². The van der Waals surface area contributed by atoms with Gasteiger partial charge in [0, 0.05) is 5.02 Å². The van der Waals surface area contributed by atoms with Gasteiger partial charge in [-0.2, -0.15) is 0 Å². The number of furan rings is 1. The van der Waals surface area contributed by atoms with Crippen LogP contribution in [0.2, 0.25) is 5.02 Å². The highest BCUT2D eigenvalue weighted by atomic mass is 35.5. The zero-order valence-corrected chi connectivity index (χ0v) is 15.1. The average Bonchev–Trinajstić information content (AvgIpc) is 3.10. The quantitative estimate of drug-likeness (QED) is 0.385. The van der Waals surface area contributed by atoms with Crippen molar-refractivity contribution in [2.75, 3.05) is 7.11 Å². The Morgan fingerprint density at radius 1 is 1.44 bits per heavy atom. The van der Waals surface area contributed by atoms with Crippen molar-refractivity contribution in [1.82, 2.24) is 9.55 Å². The lowest BCUT2D eigenvalue weighted by Gasteiger charge is -2.14. The number of hydrogen-bond acceptors (Lipinski definition) is 6. The maximum Gasteiger partial charge on any atom is 0.318 e. The van der Waals surface area contributed by atoms with Crippen molar-refractivity contribution in [3.63, 3.8) is 0 Å². The van der Waals surface area contributed by atoms with Gasteiger partial charge in [0.15, 0.2) is 5.16 Å². The molecule has 0 bridgehead atoms. The normalized spacial score (nSPS) is 12.3. The number of nitrogens with zero attached hydrogens (tertiary/aromatic N) is 2. The SMILES string of the molecule is COC(=O)[C@H](C)Sc1nc2cc(Cl)ccc2c(=O)n1Cc1ccco1. The molecule has 0 aliphatic heterocycles. The first-order chi connectivity index (χ1) is 12.0. The fourth-order valence-corrected chi connectivity index (χ4v) is 3.43. The van der Waals surface area contributed by atoms with E-state index in [2.05, 4.69) is 4.98 Å². The van der Waals surface area contributed by atoms with E-state index in [0.29, 0.717) is 26.8 Å². The molecule has 0 spiro atoms. The Morgan fingerprint density at radius 2 is 2.24 bits per heavy atom. The molecule has 0 saturated heterocycles. The summed E-state index contributed by atoms with van der Waals surface area (Å²) in [5.74, 6) is 0.222. The number of ether oxygens (including phenoxy) is 1. The van der Waals surface area contributed by atoms with E-state index >= 15 is 0 Å². The third-order valence-corrected chi connectivity index (χ3v) is 4.90. The number of carbonyl (C=O) groups is 1. The first-order valence-corrected chi connectivity index (χ1v) is 8.72. The van der Waals surface area contributed by atoms with E-state index < -0.39 is 11.2 Å². The minimum Gasteiger partial charge on any atom is -0.468 e.